The number of aromatic hydroxyl groups is 1. The summed E-state index contributed by atoms with van der Waals surface area (Å²) in [4.78, 5) is 0. The molecule has 0 radical (unpaired) electrons. The number of aliphatic hydroxyl groups is 1. The molecule has 1 atom stereocenters. The first-order chi connectivity index (χ1) is 5.97. The molecule has 3 nitrogen and oxygen atoms in total. The molecule has 72 valence electrons. The minimum atomic E-state index is -0.768. The first-order valence-electron chi connectivity index (χ1n) is 3.86. The Hall–Kier alpha value is -0.580. The quantitative estimate of drug-likeness (QED) is 0.737. The van der Waals surface area contributed by atoms with Gasteiger partial charge in [0.2, 0.25) is 0 Å². The van der Waals surface area contributed by atoms with E-state index in [1.54, 1.807) is 25.1 Å². The Labute approximate surface area is 85.3 Å². The largest absolute Gasteiger partial charge is 0.507 e. The van der Waals surface area contributed by atoms with Crippen molar-refractivity contribution < 1.29 is 10.2 Å². The number of aliphatic hydroxyl groups excluding tert-OH is 1. The van der Waals surface area contributed by atoms with Crippen molar-refractivity contribution in [3.63, 3.8) is 0 Å². The molecule has 0 heterocycles. The van der Waals surface area contributed by atoms with Gasteiger partial charge in [0.15, 0.2) is 0 Å². The number of rotatable bonds is 2. The maximum absolute atomic E-state index is 9.23. The number of phenols is 1. The minimum absolute atomic E-state index is 0.135. The molecule has 1 aromatic carbocycles. The van der Waals surface area contributed by atoms with E-state index in [1.165, 1.54) is 0 Å². The first kappa shape index (κ1) is 10.5. The molecule has 0 aromatic heterocycles. The molecular formula is C9H12BrNO2. The Morgan fingerprint density at radius 3 is 2.62 bits per heavy atom. The van der Waals surface area contributed by atoms with E-state index in [9.17, 15) is 5.11 Å². The van der Waals surface area contributed by atoms with E-state index in [1.807, 2.05) is 0 Å². The lowest BCUT2D eigenvalue weighted by atomic mass is 9.94. The second-order valence-electron chi connectivity index (χ2n) is 3.24. The van der Waals surface area contributed by atoms with E-state index in [0.717, 1.165) is 5.56 Å². The van der Waals surface area contributed by atoms with Gasteiger partial charge in [-0.3, -0.25) is 0 Å². The van der Waals surface area contributed by atoms with Crippen LogP contribution in [0.2, 0.25) is 0 Å². The number of hydrogen-bond acceptors (Lipinski definition) is 3. The molecule has 4 N–H and O–H groups in total. The highest BCUT2D eigenvalue weighted by Gasteiger charge is 2.20. The fourth-order valence-electron chi connectivity index (χ4n) is 0.953. The standard InChI is InChI=1S/C9H12BrNO2/c1-9(11,5-12)6-2-3-8(13)7(10)4-6/h2-4,12-13H,5,11H2,1H3/t9-/m1/s1. The molecule has 0 amide bonds. The van der Waals surface area contributed by atoms with Crippen LogP contribution in [0.15, 0.2) is 22.7 Å². The zero-order chi connectivity index (χ0) is 10.1. The molecule has 0 spiro atoms. The van der Waals surface area contributed by atoms with Crippen LogP contribution in [0.5, 0.6) is 5.75 Å². The van der Waals surface area contributed by atoms with Crippen LogP contribution in [0.1, 0.15) is 12.5 Å². The predicted octanol–water partition coefficient (Wildman–Crippen LogP) is 1.32. The van der Waals surface area contributed by atoms with Gasteiger partial charge < -0.3 is 15.9 Å². The van der Waals surface area contributed by atoms with Gasteiger partial charge in [0.25, 0.3) is 0 Å². The van der Waals surface area contributed by atoms with Crippen molar-refractivity contribution in [1.29, 1.82) is 0 Å². The average molecular weight is 246 g/mol. The summed E-state index contributed by atoms with van der Waals surface area (Å²) < 4.78 is 0.579. The molecule has 0 unspecified atom stereocenters. The topological polar surface area (TPSA) is 66.5 Å². The van der Waals surface area contributed by atoms with Crippen LogP contribution in [0.4, 0.5) is 0 Å². The van der Waals surface area contributed by atoms with Gasteiger partial charge in [-0.15, -0.1) is 0 Å². The third kappa shape index (κ3) is 2.21. The summed E-state index contributed by atoms with van der Waals surface area (Å²) >= 11 is 3.18. The number of hydrogen-bond donors (Lipinski definition) is 3. The summed E-state index contributed by atoms with van der Waals surface area (Å²) in [5.41, 5.74) is 5.81. The Morgan fingerprint density at radius 1 is 1.54 bits per heavy atom. The number of halogens is 1. The van der Waals surface area contributed by atoms with Crippen LogP contribution in [0.25, 0.3) is 0 Å². The van der Waals surface area contributed by atoms with E-state index >= 15 is 0 Å². The van der Waals surface area contributed by atoms with Crippen LogP contribution in [0.3, 0.4) is 0 Å². The Kier molecular flexibility index (Phi) is 2.95. The highest BCUT2D eigenvalue weighted by Crippen LogP contribution is 2.28. The molecule has 0 aliphatic rings. The van der Waals surface area contributed by atoms with E-state index in [0.29, 0.717) is 4.47 Å². The van der Waals surface area contributed by atoms with Gasteiger partial charge >= 0.3 is 0 Å². The minimum Gasteiger partial charge on any atom is -0.507 e. The van der Waals surface area contributed by atoms with Crippen molar-refractivity contribution in [3.8, 4) is 5.75 Å². The maximum Gasteiger partial charge on any atom is 0.129 e. The molecule has 13 heavy (non-hydrogen) atoms. The molecule has 0 saturated heterocycles. The fourth-order valence-corrected chi connectivity index (χ4v) is 1.33. The highest BCUT2D eigenvalue weighted by atomic mass is 79.9. The molecule has 0 aliphatic heterocycles. The third-order valence-corrected chi connectivity index (χ3v) is 2.57. The summed E-state index contributed by atoms with van der Waals surface area (Å²) in [5.74, 6) is 0.164. The van der Waals surface area contributed by atoms with Crippen LogP contribution in [-0.2, 0) is 5.54 Å². The number of nitrogens with two attached hydrogens (primary N) is 1. The van der Waals surface area contributed by atoms with Crippen molar-refractivity contribution in [1.82, 2.24) is 0 Å². The Bertz CT molecular complexity index is 312. The normalized spacial score (nSPS) is 15.4. The van der Waals surface area contributed by atoms with Gasteiger partial charge in [-0.05, 0) is 40.5 Å². The smallest absolute Gasteiger partial charge is 0.129 e. The van der Waals surface area contributed by atoms with Gasteiger partial charge in [0.1, 0.15) is 5.75 Å². The molecular weight excluding hydrogens is 234 g/mol. The second-order valence-corrected chi connectivity index (χ2v) is 4.10. The summed E-state index contributed by atoms with van der Waals surface area (Å²) in [6.07, 6.45) is 0. The van der Waals surface area contributed by atoms with Crippen molar-refractivity contribution in [2.24, 2.45) is 5.73 Å². The molecule has 0 fully saturated rings. The Morgan fingerprint density at radius 2 is 2.15 bits per heavy atom. The number of phenolic OH excluding ortho intramolecular Hbond substituents is 1. The van der Waals surface area contributed by atoms with Gasteiger partial charge in [-0.2, -0.15) is 0 Å². The summed E-state index contributed by atoms with van der Waals surface area (Å²) in [7, 11) is 0. The Balaban J connectivity index is 3.10. The number of benzene rings is 1. The zero-order valence-electron chi connectivity index (χ0n) is 7.29. The van der Waals surface area contributed by atoms with E-state index in [-0.39, 0.29) is 12.4 Å². The zero-order valence-corrected chi connectivity index (χ0v) is 8.87. The monoisotopic (exact) mass is 245 g/mol. The molecule has 1 aromatic rings. The van der Waals surface area contributed by atoms with Gasteiger partial charge in [-0.25, -0.2) is 0 Å². The van der Waals surface area contributed by atoms with E-state index < -0.39 is 5.54 Å². The van der Waals surface area contributed by atoms with Crippen molar-refractivity contribution in [3.05, 3.63) is 28.2 Å². The van der Waals surface area contributed by atoms with Crippen molar-refractivity contribution in [2.75, 3.05) is 6.61 Å². The van der Waals surface area contributed by atoms with Crippen LogP contribution < -0.4 is 5.73 Å². The summed E-state index contributed by atoms with van der Waals surface area (Å²) in [5, 5.41) is 18.2. The van der Waals surface area contributed by atoms with E-state index in [4.69, 9.17) is 10.8 Å². The lowest BCUT2D eigenvalue weighted by molar-refractivity contribution is 0.210. The predicted molar refractivity (Wildman–Crippen MR) is 54.4 cm³/mol. The summed E-state index contributed by atoms with van der Waals surface area (Å²) in [6, 6.07) is 4.93. The first-order valence-corrected chi connectivity index (χ1v) is 4.65. The summed E-state index contributed by atoms with van der Waals surface area (Å²) in [6.45, 7) is 1.59. The highest BCUT2D eigenvalue weighted by molar-refractivity contribution is 9.10. The SMILES string of the molecule is C[C@@](N)(CO)c1ccc(O)c(Br)c1. The van der Waals surface area contributed by atoms with E-state index in [2.05, 4.69) is 15.9 Å². The van der Waals surface area contributed by atoms with Crippen molar-refractivity contribution in [2.45, 2.75) is 12.5 Å². The second kappa shape index (κ2) is 3.65. The average Bonchev–Trinajstić information content (AvgIpc) is 2.09. The lowest BCUT2D eigenvalue weighted by Crippen LogP contribution is -2.36. The van der Waals surface area contributed by atoms with Gasteiger partial charge in [0.05, 0.1) is 16.6 Å². The molecule has 0 saturated carbocycles. The van der Waals surface area contributed by atoms with Crippen LogP contribution >= 0.6 is 15.9 Å². The molecule has 4 heteroatoms. The van der Waals surface area contributed by atoms with Crippen LogP contribution in [-0.4, -0.2) is 16.8 Å². The van der Waals surface area contributed by atoms with Gasteiger partial charge in [0, 0.05) is 0 Å². The molecule has 0 aliphatic carbocycles. The maximum atomic E-state index is 9.23. The van der Waals surface area contributed by atoms with Gasteiger partial charge in [-0.1, -0.05) is 6.07 Å². The lowest BCUT2D eigenvalue weighted by Gasteiger charge is -2.22. The van der Waals surface area contributed by atoms with Crippen molar-refractivity contribution >= 4 is 15.9 Å². The fraction of sp³-hybridized carbons (Fsp3) is 0.333. The third-order valence-electron chi connectivity index (χ3n) is 1.94. The van der Waals surface area contributed by atoms with Crippen LogP contribution in [0, 0.1) is 0 Å². The molecule has 1 rings (SSSR count). The molecule has 0 bridgehead atoms.